The summed E-state index contributed by atoms with van der Waals surface area (Å²) in [4.78, 5) is 12.6. The van der Waals surface area contributed by atoms with Crippen LogP contribution in [0.3, 0.4) is 0 Å². The summed E-state index contributed by atoms with van der Waals surface area (Å²) >= 11 is 0. The molecule has 2 saturated heterocycles. The van der Waals surface area contributed by atoms with Crippen molar-refractivity contribution in [3.05, 3.63) is 29.8 Å². The molecule has 3 rings (SSSR count). The summed E-state index contributed by atoms with van der Waals surface area (Å²) in [6.07, 6.45) is 2.18. The van der Waals surface area contributed by atoms with Crippen LogP contribution in [0.5, 0.6) is 0 Å². The number of nitrogens with zero attached hydrogens (tertiary/aromatic N) is 1. The van der Waals surface area contributed by atoms with Gasteiger partial charge in [-0.05, 0) is 37.3 Å². The van der Waals surface area contributed by atoms with Gasteiger partial charge >= 0.3 is 0 Å². The number of ketones is 1. The first-order chi connectivity index (χ1) is 12.7. The van der Waals surface area contributed by atoms with E-state index in [1.807, 2.05) is 0 Å². The molecule has 1 aromatic carbocycles. The summed E-state index contributed by atoms with van der Waals surface area (Å²) in [5.74, 6) is 0.460. The topological polar surface area (TPSA) is 101 Å². The molecule has 1 aromatic rings. The summed E-state index contributed by atoms with van der Waals surface area (Å²) in [7, 11) is -6.62. The number of rotatable bonds is 6. The third-order valence-corrected chi connectivity index (χ3v) is 8.98. The molecular formula is C18H26N2O5S2. The molecular weight excluding hydrogens is 388 g/mol. The van der Waals surface area contributed by atoms with Crippen molar-refractivity contribution >= 4 is 25.6 Å². The second-order valence-electron chi connectivity index (χ2n) is 7.52. The van der Waals surface area contributed by atoms with Gasteiger partial charge in [0.1, 0.15) is 0 Å². The van der Waals surface area contributed by atoms with Gasteiger partial charge in [0.15, 0.2) is 15.6 Å². The zero-order valence-corrected chi connectivity index (χ0v) is 17.1. The molecule has 0 spiro atoms. The van der Waals surface area contributed by atoms with Gasteiger partial charge in [-0.15, -0.1) is 0 Å². The standard InChI is InChI=1S/C18H26N2O5S2/c1-14-5-8-20(9-6-14)27(24,25)17-4-2-3-15(11-17)18(21)12-19-16-7-10-26(22,23)13-16/h2-4,11,14,16,19H,5-10,12-13H2,1H3. The number of carbonyl (C=O) groups is 1. The number of sulfone groups is 1. The third kappa shape index (κ3) is 4.96. The number of hydrogen-bond acceptors (Lipinski definition) is 6. The molecule has 0 radical (unpaired) electrons. The van der Waals surface area contributed by atoms with E-state index in [0.29, 0.717) is 31.0 Å². The lowest BCUT2D eigenvalue weighted by atomic mass is 10.0. The molecule has 0 saturated carbocycles. The minimum absolute atomic E-state index is 0.00901. The fourth-order valence-electron chi connectivity index (χ4n) is 3.50. The lowest BCUT2D eigenvalue weighted by molar-refractivity contribution is 0.0988. The van der Waals surface area contributed by atoms with Gasteiger partial charge in [0.05, 0.1) is 22.9 Å². The average Bonchev–Trinajstić information content (AvgIpc) is 2.99. The molecule has 2 fully saturated rings. The van der Waals surface area contributed by atoms with E-state index < -0.39 is 19.9 Å². The summed E-state index contributed by atoms with van der Waals surface area (Å²) in [6, 6.07) is 5.88. The molecule has 7 nitrogen and oxygen atoms in total. The van der Waals surface area contributed by atoms with Crippen LogP contribution in [0.25, 0.3) is 0 Å². The molecule has 0 amide bonds. The van der Waals surface area contributed by atoms with Crippen molar-refractivity contribution in [3.8, 4) is 0 Å². The van der Waals surface area contributed by atoms with Crippen molar-refractivity contribution < 1.29 is 21.6 Å². The molecule has 1 N–H and O–H groups in total. The number of carbonyl (C=O) groups excluding carboxylic acids is 1. The highest BCUT2D eigenvalue weighted by molar-refractivity contribution is 7.91. The summed E-state index contributed by atoms with van der Waals surface area (Å²) < 4.78 is 50.1. The second-order valence-corrected chi connectivity index (χ2v) is 11.7. The van der Waals surface area contributed by atoms with E-state index in [9.17, 15) is 21.6 Å². The fourth-order valence-corrected chi connectivity index (χ4v) is 6.72. The van der Waals surface area contributed by atoms with Crippen LogP contribution in [-0.2, 0) is 19.9 Å². The summed E-state index contributed by atoms with van der Waals surface area (Å²) in [5.41, 5.74) is 0.315. The van der Waals surface area contributed by atoms with Gasteiger partial charge in [-0.1, -0.05) is 19.1 Å². The summed E-state index contributed by atoms with van der Waals surface area (Å²) in [6.45, 7) is 3.11. The van der Waals surface area contributed by atoms with E-state index in [1.54, 1.807) is 12.1 Å². The van der Waals surface area contributed by atoms with Crippen LogP contribution >= 0.6 is 0 Å². The van der Waals surface area contributed by atoms with Gasteiger partial charge < -0.3 is 5.32 Å². The van der Waals surface area contributed by atoms with E-state index in [2.05, 4.69) is 12.2 Å². The maximum absolute atomic E-state index is 12.8. The highest BCUT2D eigenvalue weighted by Gasteiger charge is 2.29. The SMILES string of the molecule is CC1CCN(S(=O)(=O)c2cccc(C(=O)CNC3CCS(=O)(=O)C3)c2)CC1. The molecule has 2 aliphatic heterocycles. The number of nitrogens with one attached hydrogen (secondary N) is 1. The van der Waals surface area contributed by atoms with Gasteiger partial charge in [-0.3, -0.25) is 4.79 Å². The maximum atomic E-state index is 12.8. The number of Topliss-reactive ketones (excluding diaryl/α,β-unsaturated/α-hetero) is 1. The van der Waals surface area contributed by atoms with Crippen LogP contribution in [0.15, 0.2) is 29.2 Å². The molecule has 1 atom stereocenters. The zero-order chi connectivity index (χ0) is 19.7. The predicted octanol–water partition coefficient (Wildman–Crippen LogP) is 1.07. The zero-order valence-electron chi connectivity index (χ0n) is 15.4. The van der Waals surface area contributed by atoms with E-state index in [0.717, 1.165) is 12.8 Å². The first-order valence-corrected chi connectivity index (χ1v) is 12.5. The van der Waals surface area contributed by atoms with Gasteiger partial charge in [0.2, 0.25) is 10.0 Å². The van der Waals surface area contributed by atoms with Crippen LogP contribution in [0.1, 0.15) is 36.5 Å². The van der Waals surface area contributed by atoms with E-state index in [4.69, 9.17) is 0 Å². The third-order valence-electron chi connectivity index (χ3n) is 5.32. The highest BCUT2D eigenvalue weighted by atomic mass is 32.2. The van der Waals surface area contributed by atoms with Crippen LogP contribution in [0.4, 0.5) is 0 Å². The molecule has 0 aromatic heterocycles. The van der Waals surface area contributed by atoms with E-state index in [1.165, 1.54) is 16.4 Å². The minimum Gasteiger partial charge on any atom is -0.306 e. The second kappa shape index (κ2) is 7.98. The Balaban J connectivity index is 1.67. The van der Waals surface area contributed by atoms with Crippen molar-refractivity contribution in [3.63, 3.8) is 0 Å². The molecule has 9 heteroatoms. The minimum atomic E-state index is -3.61. The maximum Gasteiger partial charge on any atom is 0.243 e. The van der Waals surface area contributed by atoms with Gasteiger partial charge in [0.25, 0.3) is 0 Å². The van der Waals surface area contributed by atoms with Crippen molar-refractivity contribution in [1.82, 2.24) is 9.62 Å². The predicted molar refractivity (Wildman–Crippen MR) is 103 cm³/mol. The number of piperidine rings is 1. The van der Waals surface area contributed by atoms with Crippen molar-refractivity contribution in [2.45, 2.75) is 37.1 Å². The average molecular weight is 415 g/mol. The van der Waals surface area contributed by atoms with Gasteiger partial charge in [-0.25, -0.2) is 16.8 Å². The first-order valence-electron chi connectivity index (χ1n) is 9.24. The molecule has 0 aliphatic carbocycles. The largest absolute Gasteiger partial charge is 0.306 e. The van der Waals surface area contributed by atoms with Gasteiger partial charge in [-0.2, -0.15) is 4.31 Å². The van der Waals surface area contributed by atoms with Crippen molar-refractivity contribution in [1.29, 1.82) is 0 Å². The Bertz CT molecular complexity index is 903. The van der Waals surface area contributed by atoms with E-state index in [-0.39, 0.29) is 34.8 Å². The highest BCUT2D eigenvalue weighted by Crippen LogP contribution is 2.24. The lowest BCUT2D eigenvalue weighted by Gasteiger charge is -2.29. The quantitative estimate of drug-likeness (QED) is 0.699. The van der Waals surface area contributed by atoms with Crippen LogP contribution in [0, 0.1) is 5.92 Å². The monoisotopic (exact) mass is 414 g/mol. The van der Waals surface area contributed by atoms with Gasteiger partial charge in [0, 0.05) is 24.7 Å². The number of sulfonamides is 1. The fraction of sp³-hybridized carbons (Fsp3) is 0.611. The first kappa shape index (κ1) is 20.4. The molecule has 150 valence electrons. The van der Waals surface area contributed by atoms with E-state index >= 15 is 0 Å². The van der Waals surface area contributed by atoms with Crippen LogP contribution in [-0.4, -0.2) is 64.1 Å². The molecule has 27 heavy (non-hydrogen) atoms. The Morgan fingerprint density at radius 2 is 1.93 bits per heavy atom. The normalized spacial score (nSPS) is 24.1. The smallest absolute Gasteiger partial charge is 0.243 e. The molecule has 2 heterocycles. The van der Waals surface area contributed by atoms with Crippen molar-refractivity contribution in [2.24, 2.45) is 5.92 Å². The van der Waals surface area contributed by atoms with Crippen LogP contribution < -0.4 is 5.32 Å². The Kier molecular flexibility index (Phi) is 6.05. The number of benzene rings is 1. The van der Waals surface area contributed by atoms with Crippen molar-refractivity contribution in [2.75, 3.05) is 31.1 Å². The van der Waals surface area contributed by atoms with Crippen LogP contribution in [0.2, 0.25) is 0 Å². The summed E-state index contributed by atoms with van der Waals surface area (Å²) in [5, 5.41) is 2.97. The molecule has 1 unspecified atom stereocenters. The Labute approximate surface area is 161 Å². The molecule has 0 bridgehead atoms. The Hall–Kier alpha value is -1.29. The Morgan fingerprint density at radius 1 is 1.22 bits per heavy atom. The Morgan fingerprint density at radius 3 is 2.56 bits per heavy atom. The molecule has 2 aliphatic rings. The number of hydrogen-bond donors (Lipinski definition) is 1. The lowest BCUT2D eigenvalue weighted by Crippen LogP contribution is -2.38.